The van der Waals surface area contributed by atoms with Crippen molar-refractivity contribution in [3.8, 4) is 0 Å². The minimum atomic E-state index is -1.07. The van der Waals surface area contributed by atoms with E-state index in [1.807, 2.05) is 0 Å². The van der Waals surface area contributed by atoms with Crippen LogP contribution in [-0.2, 0) is 38.1 Å². The molecule has 0 rings (SSSR count). The van der Waals surface area contributed by atoms with E-state index in [0.29, 0.717) is 32.5 Å². The first-order valence-electron chi connectivity index (χ1n) is 57.4. The Hall–Kier alpha value is -1.67. The summed E-state index contributed by atoms with van der Waals surface area (Å²) in [5, 5.41) is 0. The Bertz CT molecular complexity index is 1850. The standard InChI is InChI=1S/C115H226O8/c1-7-13-19-25-31-37-43-49-55-60-66-72-78-84-90-96-102-114(103-97-91-85-79-73-67-61-56-50-44-38-32-26-20-14-8-2,105-119-104-98-92-86-80-74-68-62-54-48-42-36-30-24-18-12-6)106-120-107-115(108-121-111(116)99-93-87-81-75-69-63-57-51-45-39-33-27-21-15-9-3,109-122-112(117)100-94-88-82-76-70-64-58-52-46-40-34-28-22-16-10-4)110-123-113(118)101-95-89-83-77-71-65-59-53-47-41-35-29-23-17-11-5/h7-110H2,1-6H3. The SMILES string of the molecule is CCCCCCCCCCCCCCCCCCC(CCCCCCCCCCCCCCCCCC)(COCCCCCCCCCCCCCCCCC)COCC(COC(=O)CCCCCCCCCCCCCCCCC)(COC(=O)CCCCCCCCCCCCCCCCC)COC(=O)CCCCCCCCCCCCCCCCC. The van der Waals surface area contributed by atoms with Crippen molar-refractivity contribution in [3.05, 3.63) is 0 Å². The van der Waals surface area contributed by atoms with Gasteiger partial charge in [-0.3, -0.25) is 14.4 Å². The lowest BCUT2D eigenvalue weighted by Crippen LogP contribution is -2.44. The lowest BCUT2D eigenvalue weighted by Gasteiger charge is -2.37. The molecule has 123 heavy (non-hydrogen) atoms. The van der Waals surface area contributed by atoms with Crippen molar-refractivity contribution in [2.75, 3.05) is 46.2 Å². The summed E-state index contributed by atoms with van der Waals surface area (Å²) in [6, 6.07) is 0. The molecule has 0 radical (unpaired) electrons. The van der Waals surface area contributed by atoms with Crippen molar-refractivity contribution in [3.63, 3.8) is 0 Å². The van der Waals surface area contributed by atoms with Gasteiger partial charge in [-0.25, -0.2) is 0 Å². The molecule has 0 saturated carbocycles. The van der Waals surface area contributed by atoms with Crippen molar-refractivity contribution in [1.82, 2.24) is 0 Å². The highest BCUT2D eigenvalue weighted by atomic mass is 16.6. The number of carbonyl (C=O) groups is 3. The fraction of sp³-hybridized carbons (Fsp3) is 0.974. The van der Waals surface area contributed by atoms with E-state index in [9.17, 15) is 14.4 Å². The lowest BCUT2D eigenvalue weighted by atomic mass is 9.79. The molecule has 0 aromatic rings. The van der Waals surface area contributed by atoms with Crippen molar-refractivity contribution in [1.29, 1.82) is 0 Å². The van der Waals surface area contributed by atoms with Crippen LogP contribution < -0.4 is 0 Å². The molecule has 0 aromatic carbocycles. The van der Waals surface area contributed by atoms with E-state index in [-0.39, 0.29) is 49.8 Å². The van der Waals surface area contributed by atoms with Crippen LogP contribution in [-0.4, -0.2) is 64.2 Å². The van der Waals surface area contributed by atoms with Crippen LogP contribution in [0.25, 0.3) is 0 Å². The summed E-state index contributed by atoms with van der Waals surface area (Å²) in [6.07, 6.45) is 124. The van der Waals surface area contributed by atoms with E-state index >= 15 is 0 Å². The second kappa shape index (κ2) is 104. The van der Waals surface area contributed by atoms with Crippen molar-refractivity contribution >= 4 is 17.9 Å². The van der Waals surface area contributed by atoms with Gasteiger partial charge in [0.25, 0.3) is 0 Å². The molecule has 0 atom stereocenters. The normalized spacial score (nSPS) is 12.0. The summed E-state index contributed by atoms with van der Waals surface area (Å²) >= 11 is 0. The summed E-state index contributed by atoms with van der Waals surface area (Å²) in [6.45, 7) is 15.9. The predicted octanol–water partition coefficient (Wildman–Crippen LogP) is 39.6. The molecule has 8 heteroatoms. The van der Waals surface area contributed by atoms with Crippen LogP contribution in [0.5, 0.6) is 0 Å². The maximum absolute atomic E-state index is 14.2. The van der Waals surface area contributed by atoms with Crippen LogP contribution in [0, 0.1) is 10.8 Å². The molecule has 8 nitrogen and oxygen atoms in total. The van der Waals surface area contributed by atoms with E-state index in [2.05, 4.69) is 41.5 Å². The summed E-state index contributed by atoms with van der Waals surface area (Å²) in [4.78, 5) is 42.5. The summed E-state index contributed by atoms with van der Waals surface area (Å²) in [5.74, 6) is -0.678. The quantitative estimate of drug-likeness (QED) is 0.0337. The minimum Gasteiger partial charge on any atom is -0.465 e. The zero-order valence-corrected chi connectivity index (χ0v) is 85.3. The number of rotatable bonds is 110. The fourth-order valence-corrected chi connectivity index (χ4v) is 19.0. The van der Waals surface area contributed by atoms with Crippen molar-refractivity contribution < 1.29 is 38.1 Å². The number of hydrogen-bond donors (Lipinski definition) is 0. The lowest BCUT2D eigenvalue weighted by molar-refractivity contribution is -0.169. The summed E-state index contributed by atoms with van der Waals surface area (Å²) in [5.41, 5.74) is -1.27. The molecule has 0 aliphatic carbocycles. The molecule has 0 saturated heterocycles. The van der Waals surface area contributed by atoms with Crippen molar-refractivity contribution in [2.24, 2.45) is 10.8 Å². The summed E-state index contributed by atoms with van der Waals surface area (Å²) in [7, 11) is 0. The Morgan fingerprint density at radius 1 is 0.146 bits per heavy atom. The monoisotopic (exact) mass is 1740 g/mol. The number of carbonyl (C=O) groups excluding carboxylic acids is 3. The molecule has 0 unspecified atom stereocenters. The third-order valence-electron chi connectivity index (χ3n) is 27.8. The molecule has 734 valence electrons. The van der Waals surface area contributed by atoms with Gasteiger partial charge in [0.2, 0.25) is 0 Å². The second-order valence-electron chi connectivity index (χ2n) is 40.7. The van der Waals surface area contributed by atoms with Gasteiger partial charge in [-0.05, 0) is 38.5 Å². The highest BCUT2D eigenvalue weighted by Crippen LogP contribution is 2.36. The number of esters is 3. The average Bonchev–Trinajstić information content (AvgIpc) is 0.843. The van der Waals surface area contributed by atoms with Gasteiger partial charge >= 0.3 is 17.9 Å². The fourth-order valence-electron chi connectivity index (χ4n) is 19.0. The van der Waals surface area contributed by atoms with Crippen molar-refractivity contribution in [2.45, 2.75) is 664 Å². The zero-order valence-electron chi connectivity index (χ0n) is 85.3. The maximum atomic E-state index is 14.2. The molecule has 0 N–H and O–H groups in total. The Labute approximate surface area is 772 Å². The smallest absolute Gasteiger partial charge is 0.305 e. The molecule has 0 spiro atoms. The maximum Gasteiger partial charge on any atom is 0.305 e. The van der Waals surface area contributed by atoms with Gasteiger partial charge in [0.15, 0.2) is 0 Å². The van der Waals surface area contributed by atoms with Gasteiger partial charge < -0.3 is 23.7 Å². The molecular formula is C115H226O8. The predicted molar refractivity (Wildman–Crippen MR) is 541 cm³/mol. The summed E-state index contributed by atoms with van der Waals surface area (Å²) < 4.78 is 33.6. The van der Waals surface area contributed by atoms with Gasteiger partial charge in [-0.2, -0.15) is 0 Å². The third kappa shape index (κ3) is 94.8. The topological polar surface area (TPSA) is 97.4 Å². The number of hydrogen-bond acceptors (Lipinski definition) is 8. The van der Waals surface area contributed by atoms with Gasteiger partial charge in [-0.15, -0.1) is 0 Å². The molecule has 0 aromatic heterocycles. The Morgan fingerprint density at radius 2 is 0.285 bits per heavy atom. The van der Waals surface area contributed by atoms with E-state index in [1.54, 1.807) is 0 Å². The van der Waals surface area contributed by atoms with E-state index in [1.165, 1.54) is 514 Å². The molecule has 0 fully saturated rings. The Balaban J connectivity index is 6.94. The number of unbranched alkanes of at least 4 members (excludes halogenated alkanes) is 86. The highest BCUT2D eigenvalue weighted by molar-refractivity contribution is 5.70. The first-order chi connectivity index (χ1) is 60.8. The van der Waals surface area contributed by atoms with Gasteiger partial charge in [0.1, 0.15) is 19.8 Å². The van der Waals surface area contributed by atoms with Crippen LogP contribution in [0.15, 0.2) is 0 Å². The van der Waals surface area contributed by atoms with E-state index in [0.717, 1.165) is 96.5 Å². The van der Waals surface area contributed by atoms with E-state index < -0.39 is 5.41 Å². The van der Waals surface area contributed by atoms with Crippen LogP contribution in [0.1, 0.15) is 664 Å². The average molecular weight is 1740 g/mol. The minimum absolute atomic E-state index is 0.0238. The molecule has 0 bridgehead atoms. The van der Waals surface area contributed by atoms with Crippen LogP contribution in [0.3, 0.4) is 0 Å². The molecule has 0 aliphatic heterocycles. The molecule has 0 aliphatic rings. The van der Waals surface area contributed by atoms with Crippen LogP contribution in [0.2, 0.25) is 0 Å². The van der Waals surface area contributed by atoms with Crippen LogP contribution >= 0.6 is 0 Å². The number of ether oxygens (including phenoxy) is 5. The van der Waals surface area contributed by atoms with Gasteiger partial charge in [0, 0.05) is 31.3 Å². The third-order valence-corrected chi connectivity index (χ3v) is 27.8. The largest absolute Gasteiger partial charge is 0.465 e. The highest BCUT2D eigenvalue weighted by Gasteiger charge is 2.39. The first kappa shape index (κ1) is 121. The Kier molecular flexibility index (Phi) is 103. The van der Waals surface area contributed by atoms with Gasteiger partial charge in [-0.1, -0.05) is 607 Å². The first-order valence-corrected chi connectivity index (χ1v) is 57.4. The molecule has 0 heterocycles. The van der Waals surface area contributed by atoms with E-state index in [4.69, 9.17) is 23.7 Å². The molecule has 0 amide bonds. The van der Waals surface area contributed by atoms with Crippen LogP contribution in [0.4, 0.5) is 0 Å². The second-order valence-corrected chi connectivity index (χ2v) is 40.7. The Morgan fingerprint density at radius 3 is 0.463 bits per heavy atom. The zero-order chi connectivity index (χ0) is 88.8. The van der Waals surface area contributed by atoms with Gasteiger partial charge in [0.05, 0.1) is 25.2 Å². The molecular weight excluding hydrogens is 1510 g/mol.